The molecule has 0 radical (unpaired) electrons. The molecule has 5 heteroatoms. The number of halogens is 2. The van der Waals surface area contributed by atoms with Crippen LogP contribution in [0.2, 0.25) is 5.02 Å². The average Bonchev–Trinajstić information content (AvgIpc) is 2.41. The first-order valence-corrected chi connectivity index (χ1v) is 7.28. The van der Waals surface area contributed by atoms with Gasteiger partial charge in [-0.15, -0.1) is 0 Å². The van der Waals surface area contributed by atoms with Gasteiger partial charge < -0.3 is 5.32 Å². The quantitative estimate of drug-likeness (QED) is 0.895. The molecule has 0 spiro atoms. The lowest BCUT2D eigenvalue weighted by Crippen LogP contribution is -2.17. The van der Waals surface area contributed by atoms with E-state index in [1.165, 1.54) is 6.07 Å². The lowest BCUT2D eigenvalue weighted by atomic mass is 9.95. The second kappa shape index (κ2) is 5.98. The Balaban J connectivity index is 2.56. The summed E-state index contributed by atoms with van der Waals surface area (Å²) in [5.74, 6) is 1.06. The maximum atomic E-state index is 13.3. The number of benzene rings is 1. The van der Waals surface area contributed by atoms with Gasteiger partial charge >= 0.3 is 0 Å². The van der Waals surface area contributed by atoms with Crippen molar-refractivity contribution in [2.45, 2.75) is 33.1 Å². The van der Waals surface area contributed by atoms with Crippen LogP contribution in [-0.2, 0) is 5.41 Å². The molecule has 0 aliphatic carbocycles. The molecule has 0 bridgehead atoms. The third kappa shape index (κ3) is 3.70. The van der Waals surface area contributed by atoms with Crippen LogP contribution in [0.15, 0.2) is 24.3 Å². The number of anilines is 1. The Morgan fingerprint density at radius 3 is 2.48 bits per heavy atom. The summed E-state index contributed by atoms with van der Waals surface area (Å²) >= 11 is 5.86. The molecule has 0 aliphatic heterocycles. The first kappa shape index (κ1) is 15.7. The van der Waals surface area contributed by atoms with Gasteiger partial charge in [-0.3, -0.25) is 0 Å². The molecule has 2 rings (SSSR count). The fraction of sp³-hybridized carbons (Fsp3) is 0.375. The molecule has 0 amide bonds. The van der Waals surface area contributed by atoms with Crippen LogP contribution in [0.5, 0.6) is 0 Å². The van der Waals surface area contributed by atoms with Crippen molar-refractivity contribution in [2.24, 2.45) is 0 Å². The minimum absolute atomic E-state index is 0.0911. The molecule has 112 valence electrons. The molecule has 0 atom stereocenters. The molecular weight excluding hydrogens is 289 g/mol. The summed E-state index contributed by atoms with van der Waals surface area (Å²) in [6.07, 6.45) is 0. The third-order valence-corrected chi connectivity index (χ3v) is 3.26. The van der Waals surface area contributed by atoms with E-state index in [4.69, 9.17) is 11.6 Å². The van der Waals surface area contributed by atoms with Gasteiger partial charge in [0.15, 0.2) is 0 Å². The van der Waals surface area contributed by atoms with Crippen molar-refractivity contribution in [3.8, 4) is 11.3 Å². The molecule has 0 saturated carbocycles. The molecule has 0 unspecified atom stereocenters. The van der Waals surface area contributed by atoms with E-state index >= 15 is 0 Å². The smallest absolute Gasteiger partial charge is 0.141 e. The Morgan fingerprint density at radius 2 is 1.90 bits per heavy atom. The van der Waals surface area contributed by atoms with Crippen molar-refractivity contribution in [1.29, 1.82) is 0 Å². The highest BCUT2D eigenvalue weighted by Gasteiger charge is 2.19. The summed E-state index contributed by atoms with van der Waals surface area (Å²) in [7, 11) is 0. The maximum absolute atomic E-state index is 13.3. The van der Waals surface area contributed by atoms with E-state index in [9.17, 15) is 4.39 Å². The monoisotopic (exact) mass is 307 g/mol. The van der Waals surface area contributed by atoms with E-state index in [1.807, 2.05) is 13.0 Å². The van der Waals surface area contributed by atoms with E-state index in [2.05, 4.69) is 36.1 Å². The zero-order valence-electron chi connectivity index (χ0n) is 12.7. The molecule has 0 fully saturated rings. The first-order chi connectivity index (χ1) is 9.81. The minimum Gasteiger partial charge on any atom is -0.370 e. The van der Waals surface area contributed by atoms with Gasteiger partial charge in [0.05, 0.1) is 10.7 Å². The first-order valence-electron chi connectivity index (χ1n) is 6.90. The number of rotatable bonds is 3. The molecule has 1 aromatic heterocycles. The summed E-state index contributed by atoms with van der Waals surface area (Å²) in [6.45, 7) is 8.94. The normalized spacial score (nSPS) is 11.5. The van der Waals surface area contributed by atoms with Crippen LogP contribution >= 0.6 is 11.6 Å². The number of hydrogen-bond acceptors (Lipinski definition) is 3. The summed E-state index contributed by atoms with van der Waals surface area (Å²) in [5.41, 5.74) is 1.32. The van der Waals surface area contributed by atoms with Crippen molar-refractivity contribution < 1.29 is 4.39 Å². The zero-order chi connectivity index (χ0) is 15.6. The molecule has 0 aliphatic rings. The summed E-state index contributed by atoms with van der Waals surface area (Å²) in [6, 6.07) is 6.46. The molecular formula is C16H19ClFN3. The van der Waals surface area contributed by atoms with Gasteiger partial charge in [0, 0.05) is 23.6 Å². The number of hydrogen-bond donors (Lipinski definition) is 1. The van der Waals surface area contributed by atoms with Crippen molar-refractivity contribution >= 4 is 17.4 Å². The van der Waals surface area contributed by atoms with E-state index in [1.54, 1.807) is 12.1 Å². The van der Waals surface area contributed by atoms with Gasteiger partial charge in [-0.2, -0.15) is 0 Å². The zero-order valence-corrected chi connectivity index (χ0v) is 13.4. The SMILES string of the molecule is CCNc1cc(-c2ccc(F)c(Cl)c2)nc(C(C)(C)C)n1. The molecule has 1 aromatic carbocycles. The van der Waals surface area contributed by atoms with E-state index in [0.717, 1.165) is 29.4 Å². The van der Waals surface area contributed by atoms with Gasteiger partial charge in [0.1, 0.15) is 17.5 Å². The van der Waals surface area contributed by atoms with Gasteiger partial charge in [0.25, 0.3) is 0 Å². The predicted molar refractivity (Wildman–Crippen MR) is 85.3 cm³/mol. The van der Waals surface area contributed by atoms with E-state index in [0.29, 0.717) is 0 Å². The summed E-state index contributed by atoms with van der Waals surface area (Å²) in [5, 5.41) is 3.29. The molecule has 1 N–H and O–H groups in total. The van der Waals surface area contributed by atoms with Crippen LogP contribution in [0.4, 0.5) is 10.2 Å². The fourth-order valence-corrected chi connectivity index (χ4v) is 2.04. The molecule has 0 saturated heterocycles. The maximum Gasteiger partial charge on any atom is 0.141 e. The van der Waals surface area contributed by atoms with Crippen LogP contribution in [0.3, 0.4) is 0 Å². The van der Waals surface area contributed by atoms with Gasteiger partial charge in [-0.05, 0) is 25.1 Å². The molecule has 21 heavy (non-hydrogen) atoms. The average molecular weight is 308 g/mol. The number of aromatic nitrogens is 2. The lowest BCUT2D eigenvalue weighted by molar-refractivity contribution is 0.546. The van der Waals surface area contributed by atoms with E-state index in [-0.39, 0.29) is 10.4 Å². The van der Waals surface area contributed by atoms with Crippen molar-refractivity contribution in [3.63, 3.8) is 0 Å². The van der Waals surface area contributed by atoms with Crippen LogP contribution in [-0.4, -0.2) is 16.5 Å². The predicted octanol–water partition coefficient (Wildman–Crippen LogP) is 4.67. The largest absolute Gasteiger partial charge is 0.370 e. The topological polar surface area (TPSA) is 37.8 Å². The highest BCUT2D eigenvalue weighted by Crippen LogP contribution is 2.28. The number of nitrogens with one attached hydrogen (secondary N) is 1. The van der Waals surface area contributed by atoms with Gasteiger partial charge in [0.2, 0.25) is 0 Å². The number of nitrogens with zero attached hydrogens (tertiary/aromatic N) is 2. The highest BCUT2D eigenvalue weighted by molar-refractivity contribution is 6.31. The highest BCUT2D eigenvalue weighted by atomic mass is 35.5. The molecule has 3 nitrogen and oxygen atoms in total. The third-order valence-electron chi connectivity index (χ3n) is 2.97. The van der Waals surface area contributed by atoms with Crippen LogP contribution in [0.25, 0.3) is 11.3 Å². The second-order valence-electron chi connectivity index (χ2n) is 5.87. The van der Waals surface area contributed by atoms with Crippen LogP contribution < -0.4 is 5.32 Å². The van der Waals surface area contributed by atoms with Gasteiger partial charge in [-0.1, -0.05) is 32.4 Å². The molecule has 2 aromatic rings. The minimum atomic E-state index is -0.433. The molecule has 1 heterocycles. The second-order valence-corrected chi connectivity index (χ2v) is 6.28. The van der Waals surface area contributed by atoms with E-state index < -0.39 is 5.82 Å². The van der Waals surface area contributed by atoms with Crippen LogP contribution in [0.1, 0.15) is 33.5 Å². The Labute approximate surface area is 129 Å². The Hall–Kier alpha value is -1.68. The van der Waals surface area contributed by atoms with Crippen molar-refractivity contribution in [2.75, 3.05) is 11.9 Å². The Bertz CT molecular complexity index is 650. The van der Waals surface area contributed by atoms with Crippen molar-refractivity contribution in [1.82, 2.24) is 9.97 Å². The van der Waals surface area contributed by atoms with Gasteiger partial charge in [-0.25, -0.2) is 14.4 Å². The fourth-order valence-electron chi connectivity index (χ4n) is 1.86. The van der Waals surface area contributed by atoms with Crippen molar-refractivity contribution in [3.05, 3.63) is 40.9 Å². The van der Waals surface area contributed by atoms with Crippen LogP contribution in [0, 0.1) is 5.82 Å². The summed E-state index contributed by atoms with van der Waals surface area (Å²) in [4.78, 5) is 9.13. The summed E-state index contributed by atoms with van der Waals surface area (Å²) < 4.78 is 13.3. The lowest BCUT2D eigenvalue weighted by Gasteiger charge is -2.19. The Morgan fingerprint density at radius 1 is 1.19 bits per heavy atom. The standard InChI is InChI=1S/C16H19ClFN3/c1-5-19-14-9-13(20-15(21-14)16(2,3)4)10-6-7-12(18)11(17)8-10/h6-9H,5H2,1-4H3,(H,19,20,21). The Kier molecular flexibility index (Phi) is 4.47.